The molecule has 0 heterocycles. The van der Waals surface area contributed by atoms with Crippen molar-refractivity contribution in [2.24, 2.45) is 0 Å². The summed E-state index contributed by atoms with van der Waals surface area (Å²) in [6.07, 6.45) is 0. The van der Waals surface area contributed by atoms with Crippen molar-refractivity contribution >= 4 is 45.0 Å². The molecule has 0 fully saturated rings. The van der Waals surface area contributed by atoms with Crippen LogP contribution in [0, 0.1) is 0 Å². The Balaban J connectivity index is 2.27. The topological polar surface area (TPSA) is 58.2 Å². The van der Waals surface area contributed by atoms with Gasteiger partial charge < -0.3 is 10.6 Å². The van der Waals surface area contributed by atoms with Crippen molar-refractivity contribution < 1.29 is 9.59 Å². The van der Waals surface area contributed by atoms with Gasteiger partial charge in [-0.2, -0.15) is 0 Å². The average molecular weight is 368 g/mol. The molecular weight excluding hydrogens is 356 g/mol. The quantitative estimate of drug-likeness (QED) is 0.869. The van der Waals surface area contributed by atoms with E-state index < -0.39 is 0 Å². The van der Waals surface area contributed by atoms with Gasteiger partial charge in [-0.25, -0.2) is 0 Å². The summed E-state index contributed by atoms with van der Waals surface area (Å²) >= 11 is 9.24. The van der Waals surface area contributed by atoms with Gasteiger partial charge >= 0.3 is 0 Å². The minimum atomic E-state index is -0.333. The van der Waals surface area contributed by atoms with Gasteiger partial charge in [-0.15, -0.1) is 0 Å². The summed E-state index contributed by atoms with van der Waals surface area (Å²) in [7, 11) is 1.54. The number of nitrogens with one attached hydrogen (secondary N) is 2. The number of hydrogen-bond donors (Lipinski definition) is 2. The SMILES string of the molecule is CNC(=O)c1ccccc1NC(=O)c1ccc(Br)c(Cl)c1. The number of benzene rings is 2. The Hall–Kier alpha value is -1.85. The fourth-order valence-corrected chi connectivity index (χ4v) is 2.18. The van der Waals surface area contributed by atoms with E-state index in [1.54, 1.807) is 42.5 Å². The minimum absolute atomic E-state index is 0.264. The van der Waals surface area contributed by atoms with Crippen molar-refractivity contribution in [2.45, 2.75) is 0 Å². The molecule has 6 heteroatoms. The lowest BCUT2D eigenvalue weighted by molar-refractivity contribution is 0.0964. The highest BCUT2D eigenvalue weighted by molar-refractivity contribution is 9.10. The van der Waals surface area contributed by atoms with E-state index in [4.69, 9.17) is 11.6 Å². The van der Waals surface area contributed by atoms with Crippen LogP contribution >= 0.6 is 27.5 Å². The number of amides is 2. The second-order valence-corrected chi connectivity index (χ2v) is 5.47. The molecule has 0 unspecified atom stereocenters. The van der Waals surface area contributed by atoms with Crippen molar-refractivity contribution in [3.63, 3.8) is 0 Å². The third-order valence-electron chi connectivity index (χ3n) is 2.83. The van der Waals surface area contributed by atoms with Gasteiger partial charge in [0.1, 0.15) is 0 Å². The second-order valence-electron chi connectivity index (χ2n) is 4.21. The van der Waals surface area contributed by atoms with Gasteiger partial charge in [0.25, 0.3) is 11.8 Å². The molecule has 0 atom stereocenters. The van der Waals surface area contributed by atoms with Gasteiger partial charge in [-0.05, 0) is 46.3 Å². The van der Waals surface area contributed by atoms with Crippen LogP contribution in [0.2, 0.25) is 5.02 Å². The molecule has 0 saturated carbocycles. The first-order chi connectivity index (χ1) is 10.0. The smallest absolute Gasteiger partial charge is 0.255 e. The van der Waals surface area contributed by atoms with E-state index >= 15 is 0 Å². The van der Waals surface area contributed by atoms with Crippen molar-refractivity contribution in [3.8, 4) is 0 Å². The van der Waals surface area contributed by atoms with Crippen LogP contribution in [0.25, 0.3) is 0 Å². The highest BCUT2D eigenvalue weighted by Gasteiger charge is 2.13. The molecule has 0 radical (unpaired) electrons. The van der Waals surface area contributed by atoms with Crippen LogP contribution in [-0.4, -0.2) is 18.9 Å². The highest BCUT2D eigenvalue weighted by Crippen LogP contribution is 2.24. The largest absolute Gasteiger partial charge is 0.355 e. The Labute approximate surface area is 135 Å². The van der Waals surface area contributed by atoms with E-state index in [0.29, 0.717) is 26.3 Å². The van der Waals surface area contributed by atoms with Gasteiger partial charge in [0.2, 0.25) is 0 Å². The summed E-state index contributed by atoms with van der Waals surface area (Å²) in [4.78, 5) is 24.0. The van der Waals surface area contributed by atoms with Crippen LogP contribution in [0.3, 0.4) is 0 Å². The molecule has 0 aliphatic rings. The van der Waals surface area contributed by atoms with Gasteiger partial charge in [-0.3, -0.25) is 9.59 Å². The Morgan fingerprint density at radius 3 is 2.48 bits per heavy atom. The van der Waals surface area contributed by atoms with E-state index in [9.17, 15) is 9.59 Å². The molecule has 2 aromatic rings. The summed E-state index contributed by atoms with van der Waals surface area (Å²) in [6.45, 7) is 0. The van der Waals surface area contributed by atoms with Gasteiger partial charge in [0, 0.05) is 17.1 Å². The Morgan fingerprint density at radius 2 is 1.81 bits per heavy atom. The zero-order valence-electron chi connectivity index (χ0n) is 11.1. The average Bonchev–Trinajstić information content (AvgIpc) is 2.49. The lowest BCUT2D eigenvalue weighted by Gasteiger charge is -2.10. The van der Waals surface area contributed by atoms with E-state index in [-0.39, 0.29) is 11.8 Å². The van der Waals surface area contributed by atoms with Crippen molar-refractivity contribution in [3.05, 3.63) is 63.1 Å². The fraction of sp³-hybridized carbons (Fsp3) is 0.0667. The lowest BCUT2D eigenvalue weighted by Crippen LogP contribution is -2.21. The molecule has 0 spiro atoms. The predicted octanol–water partition coefficient (Wildman–Crippen LogP) is 3.71. The molecule has 2 aromatic carbocycles. The van der Waals surface area contributed by atoms with Crippen LogP contribution in [0.15, 0.2) is 46.9 Å². The molecule has 2 amide bonds. The fourth-order valence-electron chi connectivity index (χ4n) is 1.76. The number of hydrogen-bond acceptors (Lipinski definition) is 2. The molecule has 2 N–H and O–H groups in total. The van der Waals surface area contributed by atoms with Crippen molar-refractivity contribution in [1.29, 1.82) is 0 Å². The molecule has 108 valence electrons. The van der Waals surface area contributed by atoms with E-state index in [1.807, 2.05) is 0 Å². The summed E-state index contributed by atoms with van der Waals surface area (Å²) in [5.74, 6) is -0.597. The summed E-state index contributed by atoms with van der Waals surface area (Å²) in [5, 5.41) is 5.70. The maximum atomic E-state index is 12.2. The Kier molecular flexibility index (Phi) is 4.98. The normalized spacial score (nSPS) is 10.0. The summed E-state index contributed by atoms with van der Waals surface area (Å²) in [6, 6.07) is 11.7. The molecule has 4 nitrogen and oxygen atoms in total. The molecule has 0 aromatic heterocycles. The predicted molar refractivity (Wildman–Crippen MR) is 86.9 cm³/mol. The van der Waals surface area contributed by atoms with Gasteiger partial charge in [0.15, 0.2) is 0 Å². The van der Waals surface area contributed by atoms with Crippen LogP contribution in [0.5, 0.6) is 0 Å². The van der Waals surface area contributed by atoms with Crippen LogP contribution < -0.4 is 10.6 Å². The standard InChI is InChI=1S/C15H12BrClN2O2/c1-18-15(21)10-4-2-3-5-13(10)19-14(20)9-6-7-11(16)12(17)8-9/h2-8H,1H3,(H,18,21)(H,19,20). The first kappa shape index (κ1) is 15.5. The molecule has 2 rings (SSSR count). The monoisotopic (exact) mass is 366 g/mol. The zero-order chi connectivity index (χ0) is 15.4. The van der Waals surface area contributed by atoms with E-state index in [1.165, 1.54) is 7.05 Å². The lowest BCUT2D eigenvalue weighted by atomic mass is 10.1. The van der Waals surface area contributed by atoms with Gasteiger partial charge in [0.05, 0.1) is 16.3 Å². The molecule has 0 bridgehead atoms. The minimum Gasteiger partial charge on any atom is -0.355 e. The highest BCUT2D eigenvalue weighted by atomic mass is 79.9. The third-order valence-corrected chi connectivity index (χ3v) is 4.06. The first-order valence-electron chi connectivity index (χ1n) is 6.10. The second kappa shape index (κ2) is 6.74. The van der Waals surface area contributed by atoms with E-state index in [2.05, 4.69) is 26.6 Å². The summed E-state index contributed by atoms with van der Waals surface area (Å²) in [5.41, 5.74) is 1.26. The maximum Gasteiger partial charge on any atom is 0.255 e. The van der Waals surface area contributed by atoms with Gasteiger partial charge in [-0.1, -0.05) is 23.7 Å². The zero-order valence-corrected chi connectivity index (χ0v) is 13.5. The number of halogens is 2. The van der Waals surface area contributed by atoms with E-state index in [0.717, 1.165) is 0 Å². The van der Waals surface area contributed by atoms with Crippen LogP contribution in [-0.2, 0) is 0 Å². The molecule has 0 aliphatic carbocycles. The Morgan fingerprint density at radius 1 is 1.10 bits per heavy atom. The maximum absolute atomic E-state index is 12.2. The number of para-hydroxylation sites is 1. The molecular formula is C15H12BrClN2O2. The first-order valence-corrected chi connectivity index (χ1v) is 7.27. The van der Waals surface area contributed by atoms with Crippen molar-refractivity contribution in [2.75, 3.05) is 12.4 Å². The molecule has 21 heavy (non-hydrogen) atoms. The number of carbonyl (C=O) groups is 2. The number of anilines is 1. The van der Waals surface area contributed by atoms with Crippen LogP contribution in [0.4, 0.5) is 5.69 Å². The summed E-state index contributed by atoms with van der Waals surface area (Å²) < 4.78 is 0.714. The molecule has 0 aliphatic heterocycles. The Bertz CT molecular complexity index is 704. The van der Waals surface area contributed by atoms with Crippen molar-refractivity contribution in [1.82, 2.24) is 5.32 Å². The third kappa shape index (κ3) is 3.62. The number of rotatable bonds is 3. The molecule has 0 saturated heterocycles. The van der Waals surface area contributed by atoms with Crippen LogP contribution in [0.1, 0.15) is 20.7 Å². The number of carbonyl (C=O) groups excluding carboxylic acids is 2.